The zero-order valence-electron chi connectivity index (χ0n) is 12.4. The van der Waals surface area contributed by atoms with E-state index in [4.69, 9.17) is 9.47 Å². The second-order valence-corrected chi connectivity index (χ2v) is 5.55. The molecule has 1 aliphatic rings. The summed E-state index contributed by atoms with van der Waals surface area (Å²) in [7, 11) is 0. The van der Waals surface area contributed by atoms with E-state index in [0.29, 0.717) is 18.4 Å². The molecule has 0 bridgehead atoms. The van der Waals surface area contributed by atoms with Gasteiger partial charge in [0.15, 0.2) is 0 Å². The van der Waals surface area contributed by atoms with Crippen molar-refractivity contribution in [1.29, 1.82) is 0 Å². The molecule has 0 spiro atoms. The van der Waals surface area contributed by atoms with Gasteiger partial charge in [-0.05, 0) is 19.8 Å². The Kier molecular flexibility index (Phi) is 4.62. The molecular weight excluding hydrogens is 276 g/mol. The first kappa shape index (κ1) is 15.5. The van der Waals surface area contributed by atoms with E-state index in [9.17, 15) is 14.4 Å². The van der Waals surface area contributed by atoms with Crippen LogP contribution in [-0.4, -0.2) is 28.2 Å². The number of H-pyrrole nitrogens is 1. The maximum absolute atomic E-state index is 11.8. The van der Waals surface area contributed by atoms with Gasteiger partial charge in [-0.15, -0.1) is 0 Å². The molecular formula is C14H20N2O5. The molecule has 1 aliphatic heterocycles. The van der Waals surface area contributed by atoms with Gasteiger partial charge in [0.05, 0.1) is 12.0 Å². The minimum atomic E-state index is -0.490. The molecule has 21 heavy (non-hydrogen) atoms. The van der Waals surface area contributed by atoms with Crippen molar-refractivity contribution >= 4 is 5.97 Å². The van der Waals surface area contributed by atoms with Crippen molar-refractivity contribution in [3.05, 3.63) is 32.6 Å². The molecule has 0 saturated carbocycles. The Morgan fingerprint density at radius 1 is 1.48 bits per heavy atom. The Balaban J connectivity index is 2.00. The van der Waals surface area contributed by atoms with Crippen LogP contribution in [0.25, 0.3) is 0 Å². The summed E-state index contributed by atoms with van der Waals surface area (Å²) in [5.41, 5.74) is -0.431. The maximum atomic E-state index is 11.8. The fourth-order valence-corrected chi connectivity index (χ4v) is 2.16. The smallest absolute Gasteiger partial charge is 0.330 e. The van der Waals surface area contributed by atoms with Crippen molar-refractivity contribution < 1.29 is 14.3 Å². The van der Waals surface area contributed by atoms with Crippen LogP contribution in [0.3, 0.4) is 0 Å². The third-order valence-corrected chi connectivity index (χ3v) is 3.42. The van der Waals surface area contributed by atoms with Crippen LogP contribution in [0.15, 0.2) is 15.8 Å². The number of nitrogens with zero attached hydrogens (tertiary/aromatic N) is 1. The topological polar surface area (TPSA) is 90.4 Å². The Bertz CT molecular complexity index is 631. The summed E-state index contributed by atoms with van der Waals surface area (Å²) in [6, 6.07) is 0. The number of hydrogen-bond donors (Lipinski definition) is 1. The highest BCUT2D eigenvalue weighted by molar-refractivity contribution is 5.71. The largest absolute Gasteiger partial charge is 0.463 e. The Morgan fingerprint density at radius 2 is 2.19 bits per heavy atom. The predicted molar refractivity (Wildman–Crippen MR) is 75.0 cm³/mol. The number of carbonyl (C=O) groups is 1. The average molecular weight is 296 g/mol. The zero-order valence-corrected chi connectivity index (χ0v) is 12.4. The Labute approximate surface area is 121 Å². The molecule has 1 saturated heterocycles. The van der Waals surface area contributed by atoms with Gasteiger partial charge in [0.1, 0.15) is 12.8 Å². The van der Waals surface area contributed by atoms with Gasteiger partial charge >= 0.3 is 11.7 Å². The van der Waals surface area contributed by atoms with Crippen LogP contribution in [0.4, 0.5) is 0 Å². The Hall–Kier alpha value is -1.89. The minimum Gasteiger partial charge on any atom is -0.463 e. The second kappa shape index (κ2) is 6.26. The van der Waals surface area contributed by atoms with Crippen molar-refractivity contribution in [1.82, 2.24) is 9.55 Å². The number of esters is 1. The lowest BCUT2D eigenvalue weighted by atomic mass is 10.2. The number of nitrogens with one attached hydrogen (secondary N) is 1. The van der Waals surface area contributed by atoms with E-state index in [0.717, 1.165) is 0 Å². The van der Waals surface area contributed by atoms with Crippen molar-refractivity contribution in [2.75, 3.05) is 6.61 Å². The lowest BCUT2D eigenvalue weighted by Crippen LogP contribution is -2.33. The number of hydrogen-bond acceptors (Lipinski definition) is 5. The van der Waals surface area contributed by atoms with Gasteiger partial charge in [0.25, 0.3) is 5.56 Å². The van der Waals surface area contributed by atoms with Crippen LogP contribution in [0.2, 0.25) is 0 Å². The van der Waals surface area contributed by atoms with Gasteiger partial charge in [0.2, 0.25) is 0 Å². The molecule has 2 rings (SSSR count). The van der Waals surface area contributed by atoms with Crippen LogP contribution in [0.1, 0.15) is 38.5 Å². The molecule has 2 atom stereocenters. The molecule has 1 aromatic heterocycles. The summed E-state index contributed by atoms with van der Waals surface area (Å²) in [6.07, 6.45) is 2.16. The van der Waals surface area contributed by atoms with Crippen LogP contribution in [-0.2, 0) is 14.3 Å². The maximum Gasteiger partial charge on any atom is 0.330 e. The van der Waals surface area contributed by atoms with E-state index in [2.05, 4.69) is 4.98 Å². The van der Waals surface area contributed by atoms with Gasteiger partial charge in [-0.2, -0.15) is 0 Å². The van der Waals surface area contributed by atoms with E-state index in [1.807, 2.05) is 0 Å². The summed E-state index contributed by atoms with van der Waals surface area (Å²) in [5.74, 6) is -0.439. The minimum absolute atomic E-state index is 0.174. The van der Waals surface area contributed by atoms with E-state index in [-0.39, 0.29) is 24.6 Å². The fourth-order valence-electron chi connectivity index (χ4n) is 2.16. The number of ether oxygens (including phenoxy) is 2. The first-order valence-corrected chi connectivity index (χ1v) is 7.02. The third-order valence-electron chi connectivity index (χ3n) is 3.42. The molecule has 7 heteroatoms. The van der Waals surface area contributed by atoms with E-state index in [1.165, 1.54) is 10.8 Å². The van der Waals surface area contributed by atoms with Crippen molar-refractivity contribution in [2.45, 2.75) is 45.9 Å². The molecule has 0 aliphatic carbocycles. The molecule has 0 radical (unpaired) electrons. The van der Waals surface area contributed by atoms with Gasteiger partial charge in [-0.25, -0.2) is 4.79 Å². The molecule has 0 aromatic carbocycles. The van der Waals surface area contributed by atoms with Crippen molar-refractivity contribution in [3.63, 3.8) is 0 Å². The first-order valence-electron chi connectivity index (χ1n) is 7.02. The standard InChI is InChI=1S/C14H20N2O5/c1-8(2)13(18)20-7-10-4-5-11(21-10)16-6-9(3)12(17)15-14(16)19/h6,8,10-11H,4-5,7H2,1-3H3,(H,15,17,19). The summed E-state index contributed by atoms with van der Waals surface area (Å²) in [6.45, 7) is 5.35. The normalized spacial score (nSPS) is 21.7. The van der Waals surface area contributed by atoms with E-state index in [1.54, 1.807) is 20.8 Å². The van der Waals surface area contributed by atoms with Crippen LogP contribution >= 0.6 is 0 Å². The van der Waals surface area contributed by atoms with Gasteiger partial charge < -0.3 is 9.47 Å². The first-order chi connectivity index (χ1) is 9.88. The van der Waals surface area contributed by atoms with Crippen LogP contribution in [0, 0.1) is 12.8 Å². The molecule has 2 heterocycles. The highest BCUT2D eigenvalue weighted by atomic mass is 16.6. The van der Waals surface area contributed by atoms with E-state index >= 15 is 0 Å². The van der Waals surface area contributed by atoms with Gasteiger partial charge in [-0.1, -0.05) is 13.8 Å². The fraction of sp³-hybridized carbons (Fsp3) is 0.643. The zero-order chi connectivity index (χ0) is 15.6. The molecule has 2 unspecified atom stereocenters. The van der Waals surface area contributed by atoms with E-state index < -0.39 is 17.5 Å². The number of rotatable bonds is 4. The summed E-state index contributed by atoms with van der Waals surface area (Å²) < 4.78 is 12.2. The lowest BCUT2D eigenvalue weighted by molar-refractivity contribution is -0.152. The van der Waals surface area contributed by atoms with Crippen molar-refractivity contribution in [3.8, 4) is 0 Å². The summed E-state index contributed by atoms with van der Waals surface area (Å²) >= 11 is 0. The second-order valence-electron chi connectivity index (χ2n) is 5.55. The third kappa shape index (κ3) is 3.60. The summed E-state index contributed by atoms with van der Waals surface area (Å²) in [5, 5.41) is 0. The molecule has 7 nitrogen and oxygen atoms in total. The number of aromatic nitrogens is 2. The molecule has 0 amide bonds. The highest BCUT2D eigenvalue weighted by Crippen LogP contribution is 2.27. The summed E-state index contributed by atoms with van der Waals surface area (Å²) in [4.78, 5) is 36.8. The number of aromatic amines is 1. The predicted octanol–water partition coefficient (Wildman–Crippen LogP) is 0.722. The van der Waals surface area contributed by atoms with Crippen LogP contribution < -0.4 is 11.2 Å². The highest BCUT2D eigenvalue weighted by Gasteiger charge is 2.28. The van der Waals surface area contributed by atoms with Gasteiger partial charge in [-0.3, -0.25) is 19.1 Å². The molecule has 1 aromatic rings. The molecule has 116 valence electrons. The quantitative estimate of drug-likeness (QED) is 0.827. The SMILES string of the molecule is Cc1cn(C2CCC(COC(=O)C(C)C)O2)c(=O)[nH]c1=O. The molecule has 1 N–H and O–H groups in total. The van der Waals surface area contributed by atoms with Crippen molar-refractivity contribution in [2.24, 2.45) is 5.92 Å². The average Bonchev–Trinajstić information content (AvgIpc) is 2.88. The number of carbonyl (C=O) groups excluding carboxylic acids is 1. The monoisotopic (exact) mass is 296 g/mol. The number of aryl methyl sites for hydroxylation is 1. The van der Waals surface area contributed by atoms with Gasteiger partial charge in [0, 0.05) is 11.8 Å². The Morgan fingerprint density at radius 3 is 2.86 bits per heavy atom. The van der Waals surface area contributed by atoms with Crippen LogP contribution in [0.5, 0.6) is 0 Å². The molecule has 1 fully saturated rings. The lowest BCUT2D eigenvalue weighted by Gasteiger charge is -2.16.